The Kier molecular flexibility index (Phi) is 6.94. The molecule has 1 saturated heterocycles. The monoisotopic (exact) mass is 352 g/mol. The van der Waals surface area contributed by atoms with Gasteiger partial charge in [0, 0.05) is 12.5 Å². The van der Waals surface area contributed by atoms with Gasteiger partial charge in [-0.2, -0.15) is 0 Å². The second kappa shape index (κ2) is 8.35. The first kappa shape index (κ1) is 20.0. The highest BCUT2D eigenvalue weighted by Gasteiger charge is 2.50. The van der Waals surface area contributed by atoms with E-state index in [1.807, 2.05) is 0 Å². The average molecular weight is 352 g/mol. The van der Waals surface area contributed by atoms with Crippen molar-refractivity contribution in [1.29, 1.82) is 0 Å². The summed E-state index contributed by atoms with van der Waals surface area (Å²) in [5.41, 5.74) is 0. The van der Waals surface area contributed by atoms with Crippen LogP contribution in [0, 0.1) is 5.92 Å². The third-order valence-corrected chi connectivity index (χ3v) is 4.55. The molecular formula is C15H28O9. The molecule has 0 amide bonds. The van der Waals surface area contributed by atoms with Crippen LogP contribution < -0.4 is 0 Å². The second-order valence-electron chi connectivity index (χ2n) is 6.69. The molecule has 9 heteroatoms. The standard InChI is InChI=1S/C15H28O9/c1-6(2)22-15-14(13(21)12(20)9(5-17)24-15)23-8-3-7(4-16)10(18)11(8)19/h6-21H,3-5H2,1-2H3/t7-,8-,9-,10+,11+,12+,13+,14-,15-/m1/s1. The zero-order chi connectivity index (χ0) is 18.0. The molecule has 6 N–H and O–H groups in total. The van der Waals surface area contributed by atoms with E-state index in [4.69, 9.17) is 14.2 Å². The molecule has 24 heavy (non-hydrogen) atoms. The van der Waals surface area contributed by atoms with Gasteiger partial charge in [0.1, 0.15) is 30.5 Å². The normalized spacial score (nSPS) is 46.6. The third kappa shape index (κ3) is 4.06. The Morgan fingerprint density at radius 3 is 2.12 bits per heavy atom. The highest BCUT2D eigenvalue weighted by molar-refractivity contribution is 4.96. The van der Waals surface area contributed by atoms with Crippen LogP contribution in [0.1, 0.15) is 20.3 Å². The van der Waals surface area contributed by atoms with Gasteiger partial charge in [-0.25, -0.2) is 0 Å². The predicted molar refractivity (Wildman–Crippen MR) is 79.8 cm³/mol. The number of rotatable bonds is 6. The van der Waals surface area contributed by atoms with E-state index >= 15 is 0 Å². The van der Waals surface area contributed by atoms with Gasteiger partial charge in [0.15, 0.2) is 6.29 Å². The summed E-state index contributed by atoms with van der Waals surface area (Å²) in [6, 6.07) is 0. The minimum absolute atomic E-state index is 0.190. The van der Waals surface area contributed by atoms with Crippen LogP contribution in [0.5, 0.6) is 0 Å². The number of ether oxygens (including phenoxy) is 3. The summed E-state index contributed by atoms with van der Waals surface area (Å²) in [4.78, 5) is 0. The third-order valence-electron chi connectivity index (χ3n) is 4.55. The van der Waals surface area contributed by atoms with Gasteiger partial charge in [-0.3, -0.25) is 0 Å². The van der Waals surface area contributed by atoms with Gasteiger partial charge >= 0.3 is 0 Å². The highest BCUT2D eigenvalue weighted by atomic mass is 16.7. The quantitative estimate of drug-likeness (QED) is 0.301. The van der Waals surface area contributed by atoms with Crippen LogP contribution in [0.3, 0.4) is 0 Å². The van der Waals surface area contributed by atoms with Crippen LogP contribution in [0.2, 0.25) is 0 Å². The Morgan fingerprint density at radius 1 is 0.958 bits per heavy atom. The van der Waals surface area contributed by atoms with Crippen molar-refractivity contribution < 1.29 is 44.8 Å². The van der Waals surface area contributed by atoms with Gasteiger partial charge in [0.2, 0.25) is 0 Å². The lowest BCUT2D eigenvalue weighted by atomic mass is 9.98. The summed E-state index contributed by atoms with van der Waals surface area (Å²) in [5.74, 6) is -0.536. The molecule has 0 aromatic heterocycles. The van der Waals surface area contributed by atoms with Crippen LogP contribution in [-0.2, 0) is 14.2 Å². The lowest BCUT2D eigenvalue weighted by Gasteiger charge is -2.43. The minimum Gasteiger partial charge on any atom is -0.396 e. The van der Waals surface area contributed by atoms with Gasteiger partial charge in [0.05, 0.1) is 24.9 Å². The van der Waals surface area contributed by atoms with Crippen molar-refractivity contribution in [2.24, 2.45) is 5.92 Å². The zero-order valence-corrected chi connectivity index (χ0v) is 13.8. The average Bonchev–Trinajstić information content (AvgIpc) is 2.81. The zero-order valence-electron chi connectivity index (χ0n) is 13.8. The summed E-state index contributed by atoms with van der Waals surface area (Å²) >= 11 is 0. The summed E-state index contributed by atoms with van der Waals surface area (Å²) in [5, 5.41) is 58.7. The molecule has 0 aromatic rings. The number of hydrogen-bond donors (Lipinski definition) is 6. The lowest BCUT2D eigenvalue weighted by molar-refractivity contribution is -0.326. The van der Waals surface area contributed by atoms with E-state index in [1.54, 1.807) is 13.8 Å². The van der Waals surface area contributed by atoms with Gasteiger partial charge < -0.3 is 44.8 Å². The summed E-state index contributed by atoms with van der Waals surface area (Å²) < 4.78 is 16.7. The van der Waals surface area contributed by atoms with Crippen LogP contribution in [0.25, 0.3) is 0 Å². The molecule has 2 rings (SSSR count). The molecule has 0 aromatic carbocycles. The summed E-state index contributed by atoms with van der Waals surface area (Å²) in [6.07, 6.45) is -9.29. The Balaban J connectivity index is 2.12. The molecule has 1 heterocycles. The van der Waals surface area contributed by atoms with Gasteiger partial charge in [0.25, 0.3) is 0 Å². The van der Waals surface area contributed by atoms with E-state index in [2.05, 4.69) is 0 Å². The van der Waals surface area contributed by atoms with Crippen molar-refractivity contribution in [2.75, 3.05) is 13.2 Å². The first-order chi connectivity index (χ1) is 11.3. The van der Waals surface area contributed by atoms with E-state index in [0.717, 1.165) is 0 Å². The van der Waals surface area contributed by atoms with E-state index in [9.17, 15) is 30.6 Å². The molecular weight excluding hydrogens is 324 g/mol. The van der Waals surface area contributed by atoms with E-state index in [1.165, 1.54) is 0 Å². The van der Waals surface area contributed by atoms with Crippen molar-refractivity contribution in [3.05, 3.63) is 0 Å². The highest BCUT2D eigenvalue weighted by Crippen LogP contribution is 2.33. The van der Waals surface area contributed by atoms with Crippen molar-refractivity contribution in [1.82, 2.24) is 0 Å². The van der Waals surface area contributed by atoms with Crippen molar-refractivity contribution in [2.45, 2.75) is 75.4 Å². The molecule has 0 bridgehead atoms. The van der Waals surface area contributed by atoms with E-state index in [-0.39, 0.29) is 19.1 Å². The number of hydrogen-bond acceptors (Lipinski definition) is 9. The fourth-order valence-corrected chi connectivity index (χ4v) is 3.18. The fourth-order valence-electron chi connectivity index (χ4n) is 3.18. The van der Waals surface area contributed by atoms with Gasteiger partial charge in [-0.15, -0.1) is 0 Å². The maximum absolute atomic E-state index is 10.3. The Bertz CT molecular complexity index is 393. The topological polar surface area (TPSA) is 149 Å². The molecule has 1 aliphatic carbocycles. The minimum atomic E-state index is -1.41. The first-order valence-corrected chi connectivity index (χ1v) is 8.20. The SMILES string of the molecule is CC(C)O[C@@H]1O[C@H](CO)[C@H](O)[C@H](O)[C@H]1O[C@@H]1C[C@H](CO)[C@H](O)[C@H]1O. The maximum atomic E-state index is 10.3. The molecule has 1 aliphatic heterocycles. The molecule has 2 fully saturated rings. The van der Waals surface area contributed by atoms with Crippen molar-refractivity contribution >= 4 is 0 Å². The molecule has 2 aliphatic rings. The molecule has 1 saturated carbocycles. The van der Waals surface area contributed by atoms with Gasteiger partial charge in [-0.1, -0.05) is 0 Å². The summed E-state index contributed by atoms with van der Waals surface area (Å²) in [7, 11) is 0. The second-order valence-corrected chi connectivity index (χ2v) is 6.69. The fraction of sp³-hybridized carbons (Fsp3) is 1.00. The van der Waals surface area contributed by atoms with Crippen molar-refractivity contribution in [3.8, 4) is 0 Å². The maximum Gasteiger partial charge on any atom is 0.187 e. The predicted octanol–water partition coefficient (Wildman–Crippen LogP) is -2.66. The van der Waals surface area contributed by atoms with Crippen LogP contribution >= 0.6 is 0 Å². The first-order valence-electron chi connectivity index (χ1n) is 8.20. The van der Waals surface area contributed by atoms with Crippen LogP contribution in [0.4, 0.5) is 0 Å². The van der Waals surface area contributed by atoms with Crippen molar-refractivity contribution in [3.63, 3.8) is 0 Å². The van der Waals surface area contributed by atoms with E-state index < -0.39 is 61.5 Å². The number of aliphatic hydroxyl groups excluding tert-OH is 6. The Morgan fingerprint density at radius 2 is 1.62 bits per heavy atom. The molecule has 0 spiro atoms. The molecule has 9 nitrogen and oxygen atoms in total. The largest absolute Gasteiger partial charge is 0.396 e. The van der Waals surface area contributed by atoms with Crippen LogP contribution in [0.15, 0.2) is 0 Å². The lowest BCUT2D eigenvalue weighted by Crippen LogP contribution is -2.61. The smallest absolute Gasteiger partial charge is 0.187 e. The molecule has 0 radical (unpaired) electrons. The van der Waals surface area contributed by atoms with Crippen LogP contribution in [-0.4, -0.2) is 99.0 Å². The molecule has 142 valence electrons. The number of aliphatic hydroxyl groups is 6. The Hall–Kier alpha value is -0.360. The molecule has 9 atom stereocenters. The summed E-state index contributed by atoms with van der Waals surface area (Å²) in [6.45, 7) is 2.70. The Labute approximate surface area is 140 Å². The van der Waals surface area contributed by atoms with Gasteiger partial charge in [-0.05, 0) is 20.3 Å². The molecule has 0 unspecified atom stereocenters. The van der Waals surface area contributed by atoms with E-state index in [0.29, 0.717) is 0 Å².